The number of esters is 1. The Kier molecular flexibility index (Phi) is 6.60. The molecule has 3 aromatic rings. The SMILES string of the molecule is CCOCCOC(=O)C(C)Sc1ncnc2sc(-c3ccccc3)cc12. The zero-order chi connectivity index (χ0) is 18.4. The molecule has 0 radical (unpaired) electrons. The number of carbonyl (C=O) groups is 1. The quantitative estimate of drug-likeness (QED) is 0.246. The molecule has 0 aliphatic rings. The molecule has 26 heavy (non-hydrogen) atoms. The molecular formula is C19H20N2O3S2. The second-order valence-corrected chi connectivity index (χ2v) is 7.86. The molecule has 0 fully saturated rings. The second kappa shape index (κ2) is 9.12. The van der Waals surface area contributed by atoms with Crippen LogP contribution in [0.25, 0.3) is 20.7 Å². The van der Waals surface area contributed by atoms with E-state index in [4.69, 9.17) is 9.47 Å². The summed E-state index contributed by atoms with van der Waals surface area (Å²) < 4.78 is 10.4. The number of nitrogens with zero attached hydrogens (tertiary/aromatic N) is 2. The van der Waals surface area contributed by atoms with Crippen LogP contribution in [0.3, 0.4) is 0 Å². The zero-order valence-corrected chi connectivity index (χ0v) is 16.3. The van der Waals surface area contributed by atoms with E-state index in [1.54, 1.807) is 17.7 Å². The molecule has 0 saturated heterocycles. The molecule has 0 saturated carbocycles. The zero-order valence-electron chi connectivity index (χ0n) is 14.7. The molecule has 5 nitrogen and oxygen atoms in total. The van der Waals surface area contributed by atoms with Crippen LogP contribution in [-0.4, -0.2) is 41.0 Å². The Morgan fingerprint density at radius 2 is 2.04 bits per heavy atom. The first-order valence-electron chi connectivity index (χ1n) is 8.40. The van der Waals surface area contributed by atoms with Crippen molar-refractivity contribution in [2.75, 3.05) is 19.8 Å². The van der Waals surface area contributed by atoms with Crippen molar-refractivity contribution in [1.29, 1.82) is 0 Å². The predicted molar refractivity (Wildman–Crippen MR) is 106 cm³/mol. The van der Waals surface area contributed by atoms with Crippen LogP contribution >= 0.6 is 23.1 Å². The number of aromatic nitrogens is 2. The molecule has 0 aliphatic carbocycles. The van der Waals surface area contributed by atoms with Crippen molar-refractivity contribution in [2.24, 2.45) is 0 Å². The van der Waals surface area contributed by atoms with E-state index in [0.29, 0.717) is 13.2 Å². The smallest absolute Gasteiger partial charge is 0.319 e. The average molecular weight is 389 g/mol. The summed E-state index contributed by atoms with van der Waals surface area (Å²) in [5, 5.41) is 1.41. The van der Waals surface area contributed by atoms with E-state index in [0.717, 1.165) is 25.7 Å². The molecule has 136 valence electrons. The molecular weight excluding hydrogens is 368 g/mol. The van der Waals surface area contributed by atoms with Gasteiger partial charge < -0.3 is 9.47 Å². The minimum Gasteiger partial charge on any atom is -0.462 e. The maximum Gasteiger partial charge on any atom is 0.319 e. The van der Waals surface area contributed by atoms with Crippen LogP contribution in [-0.2, 0) is 14.3 Å². The molecule has 3 rings (SSSR count). The van der Waals surface area contributed by atoms with Crippen molar-refractivity contribution in [3.05, 3.63) is 42.7 Å². The molecule has 0 amide bonds. The summed E-state index contributed by atoms with van der Waals surface area (Å²) in [5.41, 5.74) is 1.15. The van der Waals surface area contributed by atoms with Gasteiger partial charge in [-0.3, -0.25) is 4.79 Å². The fourth-order valence-corrected chi connectivity index (χ4v) is 4.31. The monoisotopic (exact) mass is 388 g/mol. The highest BCUT2D eigenvalue weighted by atomic mass is 32.2. The standard InChI is InChI=1S/C19H20N2O3S2/c1-3-23-9-10-24-19(22)13(2)25-17-15-11-16(14-7-5-4-6-8-14)26-18(15)21-12-20-17/h4-8,11-13H,3,9-10H2,1-2H3. The first-order valence-corrected chi connectivity index (χ1v) is 10.1. The van der Waals surface area contributed by atoms with E-state index >= 15 is 0 Å². The Balaban J connectivity index is 1.73. The third-order valence-corrected chi connectivity index (χ3v) is 5.83. The second-order valence-electron chi connectivity index (χ2n) is 5.50. The van der Waals surface area contributed by atoms with E-state index in [9.17, 15) is 4.79 Å². The van der Waals surface area contributed by atoms with Crippen LogP contribution in [0.5, 0.6) is 0 Å². The molecule has 1 aromatic carbocycles. The van der Waals surface area contributed by atoms with E-state index in [2.05, 4.69) is 28.2 Å². The maximum absolute atomic E-state index is 12.1. The summed E-state index contributed by atoms with van der Waals surface area (Å²) in [6, 6.07) is 12.3. The van der Waals surface area contributed by atoms with Gasteiger partial charge in [-0.25, -0.2) is 9.97 Å². The van der Waals surface area contributed by atoms with Crippen molar-refractivity contribution in [3.8, 4) is 10.4 Å². The van der Waals surface area contributed by atoms with Crippen LogP contribution in [0.2, 0.25) is 0 Å². The Morgan fingerprint density at radius 1 is 1.23 bits per heavy atom. The summed E-state index contributed by atoms with van der Waals surface area (Å²) >= 11 is 3.02. The number of hydrogen-bond acceptors (Lipinski definition) is 7. The maximum atomic E-state index is 12.1. The molecule has 0 spiro atoms. The lowest BCUT2D eigenvalue weighted by Gasteiger charge is -2.11. The van der Waals surface area contributed by atoms with E-state index in [1.807, 2.05) is 32.0 Å². The molecule has 2 heterocycles. The van der Waals surface area contributed by atoms with Crippen LogP contribution in [0.1, 0.15) is 13.8 Å². The molecule has 7 heteroatoms. The Hall–Kier alpha value is -1.96. The fourth-order valence-electron chi connectivity index (χ4n) is 2.35. The molecule has 0 bridgehead atoms. The Labute approximate surface area is 160 Å². The van der Waals surface area contributed by atoms with Gasteiger partial charge in [-0.15, -0.1) is 11.3 Å². The van der Waals surface area contributed by atoms with Crippen molar-refractivity contribution in [3.63, 3.8) is 0 Å². The third kappa shape index (κ3) is 4.60. The lowest BCUT2D eigenvalue weighted by Crippen LogP contribution is -2.19. The number of thioether (sulfide) groups is 1. The number of rotatable bonds is 8. The first-order chi connectivity index (χ1) is 12.7. The van der Waals surface area contributed by atoms with Gasteiger partial charge in [0, 0.05) is 16.9 Å². The highest BCUT2D eigenvalue weighted by molar-refractivity contribution is 8.00. The van der Waals surface area contributed by atoms with Crippen molar-refractivity contribution in [2.45, 2.75) is 24.1 Å². The number of hydrogen-bond donors (Lipinski definition) is 0. The number of carbonyl (C=O) groups excluding carboxylic acids is 1. The summed E-state index contributed by atoms with van der Waals surface area (Å²) in [6.45, 7) is 5.04. The normalized spacial score (nSPS) is 12.2. The molecule has 0 aliphatic heterocycles. The van der Waals surface area contributed by atoms with Gasteiger partial charge in [0.2, 0.25) is 0 Å². The lowest BCUT2D eigenvalue weighted by molar-refractivity contribution is -0.144. The van der Waals surface area contributed by atoms with Gasteiger partial charge in [-0.1, -0.05) is 42.1 Å². The Bertz CT molecular complexity index is 868. The van der Waals surface area contributed by atoms with Crippen molar-refractivity contribution < 1.29 is 14.3 Å². The topological polar surface area (TPSA) is 61.3 Å². The van der Waals surface area contributed by atoms with Gasteiger partial charge in [-0.2, -0.15) is 0 Å². The van der Waals surface area contributed by atoms with Gasteiger partial charge >= 0.3 is 5.97 Å². The van der Waals surface area contributed by atoms with Crippen LogP contribution in [0.4, 0.5) is 0 Å². The van der Waals surface area contributed by atoms with Crippen LogP contribution in [0.15, 0.2) is 47.8 Å². The average Bonchev–Trinajstić information content (AvgIpc) is 3.11. The van der Waals surface area contributed by atoms with Crippen molar-refractivity contribution in [1.82, 2.24) is 9.97 Å². The minimum atomic E-state index is -0.352. The largest absolute Gasteiger partial charge is 0.462 e. The van der Waals surface area contributed by atoms with E-state index in [1.165, 1.54) is 11.8 Å². The third-order valence-electron chi connectivity index (χ3n) is 3.65. The van der Waals surface area contributed by atoms with Gasteiger partial charge in [0.05, 0.1) is 6.61 Å². The van der Waals surface area contributed by atoms with Crippen molar-refractivity contribution >= 4 is 39.3 Å². The molecule has 0 N–H and O–H groups in total. The number of benzene rings is 1. The molecule has 2 aromatic heterocycles. The van der Waals surface area contributed by atoms with Gasteiger partial charge in [0.25, 0.3) is 0 Å². The number of ether oxygens (including phenoxy) is 2. The molecule has 1 atom stereocenters. The highest BCUT2D eigenvalue weighted by Gasteiger charge is 2.19. The first kappa shape index (κ1) is 18.8. The van der Waals surface area contributed by atoms with Crippen LogP contribution in [0, 0.1) is 0 Å². The highest BCUT2D eigenvalue weighted by Crippen LogP contribution is 2.37. The number of thiophene rings is 1. The van der Waals surface area contributed by atoms with E-state index in [-0.39, 0.29) is 17.8 Å². The van der Waals surface area contributed by atoms with Gasteiger partial charge in [0.1, 0.15) is 28.0 Å². The number of fused-ring (bicyclic) bond motifs is 1. The summed E-state index contributed by atoms with van der Waals surface area (Å²) in [4.78, 5) is 22.9. The van der Waals surface area contributed by atoms with Crippen LogP contribution < -0.4 is 0 Å². The summed E-state index contributed by atoms with van der Waals surface area (Å²) in [5.74, 6) is -0.264. The summed E-state index contributed by atoms with van der Waals surface area (Å²) in [7, 11) is 0. The molecule has 1 unspecified atom stereocenters. The van der Waals surface area contributed by atoms with Gasteiger partial charge in [-0.05, 0) is 25.5 Å². The lowest BCUT2D eigenvalue weighted by atomic mass is 10.2. The van der Waals surface area contributed by atoms with E-state index < -0.39 is 0 Å². The predicted octanol–water partition coefficient (Wildman–Crippen LogP) is 4.42. The van der Waals surface area contributed by atoms with Gasteiger partial charge in [0.15, 0.2) is 0 Å². The Morgan fingerprint density at radius 3 is 2.81 bits per heavy atom. The summed E-state index contributed by atoms with van der Waals surface area (Å²) in [6.07, 6.45) is 1.54. The fraction of sp³-hybridized carbons (Fsp3) is 0.316. The minimum absolute atomic E-state index is 0.264.